The smallest absolute Gasteiger partial charge is 0.236 e. The van der Waals surface area contributed by atoms with Crippen molar-refractivity contribution in [3.05, 3.63) is 65.7 Å². The van der Waals surface area contributed by atoms with E-state index in [0.29, 0.717) is 23.7 Å². The maximum absolute atomic E-state index is 13.3. The van der Waals surface area contributed by atoms with E-state index in [-0.39, 0.29) is 24.6 Å². The summed E-state index contributed by atoms with van der Waals surface area (Å²) in [5.41, 5.74) is 7.42. The molecule has 0 saturated carbocycles. The molecule has 30 heavy (non-hydrogen) atoms. The van der Waals surface area contributed by atoms with Gasteiger partial charge < -0.3 is 10.6 Å². The SMILES string of the molecule is CC1CCN(CCS(=O)(=O)N(Cc2ccc(C(=O)CN)cc2)c2ccccc2)CC1. The molecule has 0 bridgehead atoms. The summed E-state index contributed by atoms with van der Waals surface area (Å²) in [7, 11) is -3.51. The molecule has 2 N–H and O–H groups in total. The molecule has 0 aliphatic carbocycles. The van der Waals surface area contributed by atoms with Crippen LogP contribution in [0.4, 0.5) is 5.69 Å². The minimum atomic E-state index is -3.51. The van der Waals surface area contributed by atoms with Gasteiger partial charge in [0.15, 0.2) is 5.78 Å². The number of sulfonamides is 1. The van der Waals surface area contributed by atoms with E-state index in [4.69, 9.17) is 5.73 Å². The molecule has 0 atom stereocenters. The van der Waals surface area contributed by atoms with Crippen LogP contribution in [0.3, 0.4) is 0 Å². The maximum atomic E-state index is 13.3. The Balaban J connectivity index is 1.76. The zero-order valence-corrected chi connectivity index (χ0v) is 18.4. The summed E-state index contributed by atoms with van der Waals surface area (Å²) < 4.78 is 28.1. The van der Waals surface area contributed by atoms with Crippen molar-refractivity contribution in [2.75, 3.05) is 36.2 Å². The Morgan fingerprint density at radius 2 is 1.70 bits per heavy atom. The third-order valence-electron chi connectivity index (χ3n) is 5.71. The van der Waals surface area contributed by atoms with Gasteiger partial charge in [0.05, 0.1) is 24.5 Å². The van der Waals surface area contributed by atoms with E-state index < -0.39 is 10.0 Å². The topological polar surface area (TPSA) is 83.7 Å². The van der Waals surface area contributed by atoms with Gasteiger partial charge in [0.25, 0.3) is 0 Å². The van der Waals surface area contributed by atoms with E-state index >= 15 is 0 Å². The molecule has 1 aliphatic rings. The summed E-state index contributed by atoms with van der Waals surface area (Å²) in [6.45, 7) is 4.89. The lowest BCUT2D eigenvalue weighted by Gasteiger charge is -2.31. The van der Waals surface area contributed by atoms with Gasteiger partial charge in [0.2, 0.25) is 10.0 Å². The van der Waals surface area contributed by atoms with Crippen LogP contribution in [0.25, 0.3) is 0 Å². The van der Waals surface area contributed by atoms with E-state index in [2.05, 4.69) is 11.8 Å². The third kappa shape index (κ3) is 5.90. The van der Waals surface area contributed by atoms with Crippen molar-refractivity contribution in [2.45, 2.75) is 26.3 Å². The molecule has 0 aromatic heterocycles. The van der Waals surface area contributed by atoms with Crippen molar-refractivity contribution in [3.8, 4) is 0 Å². The van der Waals surface area contributed by atoms with E-state index in [9.17, 15) is 13.2 Å². The fraction of sp³-hybridized carbons (Fsp3) is 0.435. The molecule has 3 rings (SSSR count). The molecule has 2 aromatic rings. The number of likely N-dealkylation sites (tertiary alicyclic amines) is 1. The number of nitrogens with two attached hydrogens (primary N) is 1. The minimum absolute atomic E-state index is 0.0425. The second-order valence-electron chi connectivity index (χ2n) is 8.01. The number of hydrogen-bond acceptors (Lipinski definition) is 5. The number of anilines is 1. The van der Waals surface area contributed by atoms with Gasteiger partial charge in [-0.15, -0.1) is 0 Å². The van der Waals surface area contributed by atoms with E-state index in [0.717, 1.165) is 31.5 Å². The standard InChI is InChI=1S/C23H31N3O3S/c1-19-11-13-25(14-12-19)15-16-30(28,29)26(22-5-3-2-4-6-22)18-20-7-9-21(10-8-20)23(27)17-24/h2-10,19H,11-18,24H2,1H3. The predicted molar refractivity (Wildman–Crippen MR) is 121 cm³/mol. The predicted octanol–water partition coefficient (Wildman–Crippen LogP) is 2.90. The second-order valence-corrected chi connectivity index (χ2v) is 10.0. The Labute approximate surface area is 179 Å². The van der Waals surface area contributed by atoms with Crippen molar-refractivity contribution >= 4 is 21.5 Å². The Kier molecular flexibility index (Phi) is 7.64. The van der Waals surface area contributed by atoms with E-state index in [1.165, 1.54) is 4.31 Å². The summed E-state index contributed by atoms with van der Waals surface area (Å²) in [5, 5.41) is 0. The summed E-state index contributed by atoms with van der Waals surface area (Å²) in [4.78, 5) is 14.0. The molecule has 1 fully saturated rings. The van der Waals surface area contributed by atoms with Crippen molar-refractivity contribution in [1.82, 2.24) is 4.90 Å². The van der Waals surface area contributed by atoms with Crippen molar-refractivity contribution < 1.29 is 13.2 Å². The zero-order valence-electron chi connectivity index (χ0n) is 17.5. The summed E-state index contributed by atoms with van der Waals surface area (Å²) in [6.07, 6.45) is 2.24. The number of hydrogen-bond donors (Lipinski definition) is 1. The van der Waals surface area contributed by atoms with Crippen LogP contribution in [0.5, 0.6) is 0 Å². The number of carbonyl (C=O) groups excluding carboxylic acids is 1. The monoisotopic (exact) mass is 429 g/mol. The Morgan fingerprint density at radius 3 is 2.30 bits per heavy atom. The van der Waals surface area contributed by atoms with Crippen LogP contribution in [-0.2, 0) is 16.6 Å². The molecule has 0 spiro atoms. The van der Waals surface area contributed by atoms with Crippen molar-refractivity contribution in [3.63, 3.8) is 0 Å². The number of piperidine rings is 1. The highest BCUT2D eigenvalue weighted by atomic mass is 32.2. The van der Waals surface area contributed by atoms with Crippen LogP contribution < -0.4 is 10.0 Å². The molecule has 0 unspecified atom stereocenters. The van der Waals surface area contributed by atoms with Gasteiger partial charge in [0, 0.05) is 12.1 Å². The van der Waals surface area contributed by atoms with Crippen molar-refractivity contribution in [2.24, 2.45) is 11.7 Å². The lowest BCUT2D eigenvalue weighted by molar-refractivity contribution is 0.100. The third-order valence-corrected chi connectivity index (χ3v) is 7.42. The van der Waals surface area contributed by atoms with Gasteiger partial charge in [-0.1, -0.05) is 49.4 Å². The quantitative estimate of drug-likeness (QED) is 0.620. The van der Waals surface area contributed by atoms with Crippen LogP contribution >= 0.6 is 0 Å². The fourth-order valence-corrected chi connectivity index (χ4v) is 5.16. The summed E-state index contributed by atoms with van der Waals surface area (Å²) in [6, 6.07) is 16.2. The Hall–Kier alpha value is -2.22. The summed E-state index contributed by atoms with van der Waals surface area (Å²) in [5.74, 6) is 0.665. The Morgan fingerprint density at radius 1 is 1.07 bits per heavy atom. The second kappa shape index (κ2) is 10.2. The van der Waals surface area contributed by atoms with E-state index in [1.54, 1.807) is 24.3 Å². The van der Waals surface area contributed by atoms with Gasteiger partial charge >= 0.3 is 0 Å². The minimum Gasteiger partial charge on any atom is -0.324 e. The van der Waals surface area contributed by atoms with Gasteiger partial charge in [-0.2, -0.15) is 0 Å². The zero-order chi connectivity index (χ0) is 21.6. The highest BCUT2D eigenvalue weighted by Gasteiger charge is 2.25. The number of nitrogens with zero attached hydrogens (tertiary/aromatic N) is 2. The van der Waals surface area contributed by atoms with Gasteiger partial charge in [-0.05, 0) is 49.5 Å². The highest BCUT2D eigenvalue weighted by molar-refractivity contribution is 7.92. The largest absolute Gasteiger partial charge is 0.324 e. The first-order chi connectivity index (χ1) is 14.4. The molecule has 7 heteroatoms. The van der Waals surface area contributed by atoms with Crippen LogP contribution in [0.15, 0.2) is 54.6 Å². The van der Waals surface area contributed by atoms with Gasteiger partial charge in [-0.25, -0.2) is 8.42 Å². The molecule has 1 heterocycles. The number of para-hydroxylation sites is 1. The molecule has 0 amide bonds. The molecule has 162 valence electrons. The molecular formula is C23H31N3O3S. The normalized spacial score (nSPS) is 15.8. The lowest BCUT2D eigenvalue weighted by Crippen LogP contribution is -2.40. The molecule has 6 nitrogen and oxygen atoms in total. The molecule has 2 aromatic carbocycles. The molecular weight excluding hydrogens is 398 g/mol. The van der Waals surface area contributed by atoms with Crippen LogP contribution in [0, 0.1) is 5.92 Å². The first kappa shape index (κ1) is 22.5. The average Bonchev–Trinajstić information content (AvgIpc) is 2.77. The van der Waals surface area contributed by atoms with E-state index in [1.807, 2.05) is 30.3 Å². The van der Waals surface area contributed by atoms with Crippen LogP contribution in [-0.4, -0.2) is 51.0 Å². The summed E-state index contributed by atoms with van der Waals surface area (Å²) >= 11 is 0. The van der Waals surface area contributed by atoms with Gasteiger partial charge in [0.1, 0.15) is 0 Å². The number of rotatable bonds is 9. The molecule has 1 aliphatic heterocycles. The molecule has 1 saturated heterocycles. The highest BCUT2D eigenvalue weighted by Crippen LogP contribution is 2.22. The molecule has 0 radical (unpaired) electrons. The van der Waals surface area contributed by atoms with Crippen molar-refractivity contribution in [1.29, 1.82) is 0 Å². The first-order valence-electron chi connectivity index (χ1n) is 10.5. The first-order valence-corrected chi connectivity index (χ1v) is 12.1. The number of Topliss-reactive ketones (excluding diaryl/α,β-unsaturated/α-hetero) is 1. The maximum Gasteiger partial charge on any atom is 0.236 e. The van der Waals surface area contributed by atoms with Crippen LogP contribution in [0.2, 0.25) is 0 Å². The lowest BCUT2D eigenvalue weighted by atomic mass is 9.99. The number of carbonyl (C=O) groups is 1. The number of ketones is 1. The fourth-order valence-electron chi connectivity index (χ4n) is 3.66. The van der Waals surface area contributed by atoms with Crippen LogP contribution in [0.1, 0.15) is 35.7 Å². The average molecular weight is 430 g/mol. The van der Waals surface area contributed by atoms with Gasteiger partial charge in [-0.3, -0.25) is 9.10 Å². The number of benzene rings is 2. The Bertz CT molecular complexity index is 922.